The lowest BCUT2D eigenvalue weighted by molar-refractivity contribution is 0.0940. The molecule has 2 aliphatic rings. The molecule has 1 amide bonds. The van der Waals surface area contributed by atoms with Crippen molar-refractivity contribution in [2.75, 3.05) is 31.1 Å². The number of anilines is 1. The Kier molecular flexibility index (Phi) is 7.51. The number of likely N-dealkylation sites (tertiary alicyclic amines) is 1. The van der Waals surface area contributed by atoms with Gasteiger partial charge in [0, 0.05) is 30.9 Å². The molecule has 4 heteroatoms. The predicted molar refractivity (Wildman–Crippen MR) is 133 cm³/mol. The molecular weight excluding hydrogens is 394 g/mol. The fraction of sp³-hybridized carbons (Fsp3) is 0.536. The second kappa shape index (κ2) is 10.5. The Labute approximate surface area is 194 Å². The maximum atomic E-state index is 12.8. The highest BCUT2D eigenvalue weighted by Gasteiger charge is 2.18. The number of rotatable bonds is 6. The van der Waals surface area contributed by atoms with Crippen LogP contribution >= 0.6 is 0 Å². The van der Waals surface area contributed by atoms with Gasteiger partial charge >= 0.3 is 0 Å². The van der Waals surface area contributed by atoms with Crippen molar-refractivity contribution in [1.82, 2.24) is 10.2 Å². The standard InChI is InChI=1S/C28H39N3O/c1-21-14-17-30(18-15-21)20-24-6-8-26(9-7-24)28(32)29-23(3)25-10-12-27(13-11-25)31-16-4-5-22(2)19-31/h6-13,21-23H,4-5,14-20H2,1-3H3,(H,29,32)/t22-,23-/m1/s1. The number of carbonyl (C=O) groups is 1. The molecule has 4 nitrogen and oxygen atoms in total. The van der Waals surface area contributed by atoms with E-state index in [2.05, 4.69) is 72.3 Å². The van der Waals surface area contributed by atoms with E-state index in [1.54, 1.807) is 0 Å². The van der Waals surface area contributed by atoms with E-state index in [0.29, 0.717) is 0 Å². The van der Waals surface area contributed by atoms with E-state index in [-0.39, 0.29) is 11.9 Å². The van der Waals surface area contributed by atoms with E-state index in [4.69, 9.17) is 0 Å². The maximum absolute atomic E-state index is 12.8. The second-order valence-corrected chi connectivity index (χ2v) is 10.1. The van der Waals surface area contributed by atoms with Gasteiger partial charge in [-0.2, -0.15) is 0 Å². The van der Waals surface area contributed by atoms with Gasteiger partial charge in [-0.3, -0.25) is 9.69 Å². The molecule has 0 radical (unpaired) electrons. The van der Waals surface area contributed by atoms with Crippen molar-refractivity contribution in [3.05, 3.63) is 65.2 Å². The molecule has 4 rings (SSSR count). The summed E-state index contributed by atoms with van der Waals surface area (Å²) in [4.78, 5) is 17.8. The van der Waals surface area contributed by atoms with Gasteiger partial charge in [0.05, 0.1) is 6.04 Å². The summed E-state index contributed by atoms with van der Waals surface area (Å²) in [5.41, 5.74) is 4.44. The predicted octanol–water partition coefficient (Wildman–Crippen LogP) is 5.65. The molecule has 1 N–H and O–H groups in total. The van der Waals surface area contributed by atoms with Crippen LogP contribution in [0.25, 0.3) is 0 Å². The third-order valence-electron chi connectivity index (χ3n) is 7.26. The van der Waals surface area contributed by atoms with Crippen LogP contribution in [0, 0.1) is 11.8 Å². The summed E-state index contributed by atoms with van der Waals surface area (Å²) in [6, 6.07) is 16.8. The summed E-state index contributed by atoms with van der Waals surface area (Å²) in [6.45, 7) is 12.3. The molecule has 0 saturated carbocycles. The summed E-state index contributed by atoms with van der Waals surface area (Å²) < 4.78 is 0. The minimum absolute atomic E-state index is 0.00946. The minimum Gasteiger partial charge on any atom is -0.371 e. The average molecular weight is 434 g/mol. The molecule has 2 heterocycles. The van der Waals surface area contributed by atoms with E-state index in [0.717, 1.165) is 42.6 Å². The number of hydrogen-bond donors (Lipinski definition) is 1. The first-order valence-corrected chi connectivity index (χ1v) is 12.4. The Hall–Kier alpha value is -2.33. The van der Waals surface area contributed by atoms with Crippen molar-refractivity contribution >= 4 is 11.6 Å². The lowest BCUT2D eigenvalue weighted by atomic mass is 9.98. The number of hydrogen-bond acceptors (Lipinski definition) is 3. The Morgan fingerprint density at radius 3 is 2.28 bits per heavy atom. The molecular formula is C28H39N3O. The van der Waals surface area contributed by atoms with Crippen LogP contribution in [-0.2, 0) is 6.54 Å². The topological polar surface area (TPSA) is 35.6 Å². The SMILES string of the molecule is CC1CCN(Cc2ccc(C(=O)N[C@H](C)c3ccc(N4CCC[C@@H](C)C4)cc3)cc2)CC1. The van der Waals surface area contributed by atoms with Crippen LogP contribution in [-0.4, -0.2) is 37.0 Å². The maximum Gasteiger partial charge on any atom is 0.251 e. The molecule has 2 aliphatic heterocycles. The number of amides is 1. The number of benzene rings is 2. The van der Waals surface area contributed by atoms with Gasteiger partial charge in [0.2, 0.25) is 0 Å². The van der Waals surface area contributed by atoms with Crippen molar-refractivity contribution in [2.24, 2.45) is 11.8 Å². The first kappa shape index (κ1) is 22.8. The molecule has 0 unspecified atom stereocenters. The van der Waals surface area contributed by atoms with Crippen LogP contribution in [0.1, 0.15) is 74.0 Å². The molecule has 2 atom stereocenters. The first-order valence-electron chi connectivity index (χ1n) is 12.4. The first-order chi connectivity index (χ1) is 15.5. The molecule has 32 heavy (non-hydrogen) atoms. The zero-order valence-electron chi connectivity index (χ0n) is 20.0. The average Bonchev–Trinajstić information content (AvgIpc) is 2.81. The van der Waals surface area contributed by atoms with Gasteiger partial charge in [0.1, 0.15) is 0 Å². The lowest BCUT2D eigenvalue weighted by Crippen LogP contribution is -2.34. The highest BCUT2D eigenvalue weighted by Crippen LogP contribution is 2.25. The van der Waals surface area contributed by atoms with E-state index in [9.17, 15) is 4.79 Å². The molecule has 2 aromatic rings. The van der Waals surface area contributed by atoms with Gasteiger partial charge in [-0.25, -0.2) is 0 Å². The number of piperidine rings is 2. The van der Waals surface area contributed by atoms with Gasteiger partial charge < -0.3 is 10.2 Å². The number of carbonyl (C=O) groups excluding carboxylic acids is 1. The summed E-state index contributed by atoms with van der Waals surface area (Å²) in [5, 5.41) is 3.16. The molecule has 0 bridgehead atoms. The van der Waals surface area contributed by atoms with Gasteiger partial charge in [-0.1, -0.05) is 38.1 Å². The number of nitrogens with zero attached hydrogens (tertiary/aromatic N) is 2. The lowest BCUT2D eigenvalue weighted by Gasteiger charge is -2.33. The smallest absolute Gasteiger partial charge is 0.251 e. The highest BCUT2D eigenvalue weighted by atomic mass is 16.1. The molecule has 0 aliphatic carbocycles. The van der Waals surface area contributed by atoms with Crippen molar-refractivity contribution in [3.63, 3.8) is 0 Å². The van der Waals surface area contributed by atoms with Crippen molar-refractivity contribution in [2.45, 2.75) is 59.0 Å². The fourth-order valence-corrected chi connectivity index (χ4v) is 5.00. The largest absolute Gasteiger partial charge is 0.371 e. The Balaban J connectivity index is 1.30. The van der Waals surface area contributed by atoms with E-state index in [1.165, 1.54) is 50.0 Å². The molecule has 0 spiro atoms. The van der Waals surface area contributed by atoms with Crippen LogP contribution in [0.3, 0.4) is 0 Å². The Bertz CT molecular complexity index is 869. The van der Waals surface area contributed by atoms with E-state index >= 15 is 0 Å². The van der Waals surface area contributed by atoms with E-state index in [1.807, 2.05) is 12.1 Å². The van der Waals surface area contributed by atoms with Crippen molar-refractivity contribution < 1.29 is 4.79 Å². The molecule has 0 aromatic heterocycles. The van der Waals surface area contributed by atoms with Crippen LogP contribution in [0.5, 0.6) is 0 Å². The summed E-state index contributed by atoms with van der Waals surface area (Å²) >= 11 is 0. The van der Waals surface area contributed by atoms with Gasteiger partial charge in [0.15, 0.2) is 0 Å². The molecule has 172 valence electrons. The molecule has 2 aromatic carbocycles. The zero-order chi connectivity index (χ0) is 22.5. The summed E-state index contributed by atoms with van der Waals surface area (Å²) in [5.74, 6) is 1.60. The Morgan fingerprint density at radius 2 is 1.62 bits per heavy atom. The van der Waals surface area contributed by atoms with Gasteiger partial charge in [-0.15, -0.1) is 0 Å². The number of nitrogens with one attached hydrogen (secondary N) is 1. The Morgan fingerprint density at radius 1 is 0.938 bits per heavy atom. The van der Waals surface area contributed by atoms with E-state index < -0.39 is 0 Å². The fourth-order valence-electron chi connectivity index (χ4n) is 5.00. The van der Waals surface area contributed by atoms with Crippen molar-refractivity contribution in [1.29, 1.82) is 0 Å². The summed E-state index contributed by atoms with van der Waals surface area (Å²) in [7, 11) is 0. The highest BCUT2D eigenvalue weighted by molar-refractivity contribution is 5.94. The van der Waals surface area contributed by atoms with Gasteiger partial charge in [0.25, 0.3) is 5.91 Å². The monoisotopic (exact) mass is 433 g/mol. The van der Waals surface area contributed by atoms with Crippen LogP contribution in [0.4, 0.5) is 5.69 Å². The van der Waals surface area contributed by atoms with Crippen molar-refractivity contribution in [3.8, 4) is 0 Å². The van der Waals surface area contributed by atoms with Crippen LogP contribution < -0.4 is 10.2 Å². The summed E-state index contributed by atoms with van der Waals surface area (Å²) in [6.07, 6.45) is 5.18. The normalized spacial score (nSPS) is 21.3. The second-order valence-electron chi connectivity index (χ2n) is 10.1. The third-order valence-corrected chi connectivity index (χ3v) is 7.26. The third kappa shape index (κ3) is 5.92. The molecule has 2 saturated heterocycles. The minimum atomic E-state index is -0.0214. The van der Waals surface area contributed by atoms with Crippen LogP contribution in [0.2, 0.25) is 0 Å². The van der Waals surface area contributed by atoms with Gasteiger partial charge in [-0.05, 0) is 92.9 Å². The molecule has 2 fully saturated rings. The quantitative estimate of drug-likeness (QED) is 0.640. The van der Waals surface area contributed by atoms with Crippen LogP contribution in [0.15, 0.2) is 48.5 Å². The zero-order valence-corrected chi connectivity index (χ0v) is 20.0.